The lowest BCUT2D eigenvalue weighted by molar-refractivity contribution is -0.120. The van der Waals surface area contributed by atoms with Crippen LogP contribution in [0.5, 0.6) is 0 Å². The third-order valence-corrected chi connectivity index (χ3v) is 4.44. The Labute approximate surface area is 127 Å². The van der Waals surface area contributed by atoms with Gasteiger partial charge in [-0.1, -0.05) is 11.6 Å². The van der Waals surface area contributed by atoms with Crippen molar-refractivity contribution < 1.29 is 13.2 Å². The topological polar surface area (TPSA) is 75.3 Å². The van der Waals surface area contributed by atoms with Crippen LogP contribution < -0.4 is 10.6 Å². The minimum Gasteiger partial charge on any atom is -0.331 e. The third kappa shape index (κ3) is 3.91. The predicted molar refractivity (Wildman–Crippen MR) is 81.6 cm³/mol. The van der Waals surface area contributed by atoms with Gasteiger partial charge in [-0.3, -0.25) is 4.79 Å². The van der Waals surface area contributed by atoms with Crippen LogP contribution in [-0.4, -0.2) is 25.7 Å². The summed E-state index contributed by atoms with van der Waals surface area (Å²) in [6, 6.07) is 4.26. The van der Waals surface area contributed by atoms with Crippen LogP contribution in [0.25, 0.3) is 0 Å². The molecule has 0 bridgehead atoms. The minimum absolute atomic E-state index is 0.0348. The van der Waals surface area contributed by atoms with Gasteiger partial charge < -0.3 is 10.6 Å². The summed E-state index contributed by atoms with van der Waals surface area (Å²) in [5.41, 5.74) is 0.343. The normalized spacial score (nSPS) is 14.7. The van der Waals surface area contributed by atoms with E-state index in [1.807, 2.05) is 0 Å². The summed E-state index contributed by atoms with van der Waals surface area (Å²) in [5, 5.41) is 5.71. The van der Waals surface area contributed by atoms with Gasteiger partial charge in [-0.2, -0.15) is 0 Å². The first-order valence-electron chi connectivity index (χ1n) is 5.89. The quantitative estimate of drug-likeness (QED) is 0.828. The van der Waals surface area contributed by atoms with Crippen LogP contribution in [0.4, 0.5) is 5.69 Å². The maximum Gasteiger partial charge on any atom is 0.229 e. The first-order chi connectivity index (χ1) is 9.27. The van der Waals surface area contributed by atoms with Gasteiger partial charge in [0.05, 0.1) is 15.6 Å². The van der Waals surface area contributed by atoms with Crippen LogP contribution in [0.15, 0.2) is 23.1 Å². The Morgan fingerprint density at radius 2 is 2.05 bits per heavy atom. The minimum atomic E-state index is -3.33. The van der Waals surface area contributed by atoms with Gasteiger partial charge in [0, 0.05) is 12.2 Å². The number of hydrogen-bond donors (Lipinski definition) is 2. The van der Waals surface area contributed by atoms with Crippen LogP contribution >= 0.6 is 23.8 Å². The van der Waals surface area contributed by atoms with Gasteiger partial charge in [0.1, 0.15) is 0 Å². The molecule has 5 nitrogen and oxygen atoms in total. The number of anilines is 1. The number of benzene rings is 1. The Morgan fingerprint density at radius 3 is 2.60 bits per heavy atom. The molecule has 0 heterocycles. The zero-order valence-electron chi connectivity index (χ0n) is 10.6. The van der Waals surface area contributed by atoms with E-state index in [0.717, 1.165) is 19.1 Å². The number of sulfone groups is 1. The molecule has 0 spiro atoms. The number of carbonyl (C=O) groups excluding carboxylic acids is 1. The van der Waals surface area contributed by atoms with Crippen molar-refractivity contribution in [1.29, 1.82) is 0 Å². The number of rotatable bonds is 3. The van der Waals surface area contributed by atoms with Crippen LogP contribution in [0.1, 0.15) is 12.8 Å². The fraction of sp³-hybridized carbons (Fsp3) is 0.333. The lowest BCUT2D eigenvalue weighted by atomic mass is 10.3. The summed E-state index contributed by atoms with van der Waals surface area (Å²) in [6.07, 6.45) is 2.85. The van der Waals surface area contributed by atoms with E-state index in [-0.39, 0.29) is 21.8 Å². The largest absolute Gasteiger partial charge is 0.331 e. The molecule has 1 amide bonds. The highest BCUT2D eigenvalue weighted by Crippen LogP contribution is 2.29. The van der Waals surface area contributed by atoms with E-state index < -0.39 is 9.84 Å². The molecule has 2 N–H and O–H groups in total. The molecule has 1 aliphatic carbocycles. The fourth-order valence-corrected chi connectivity index (χ4v) is 2.57. The summed E-state index contributed by atoms with van der Waals surface area (Å²) in [7, 11) is -3.33. The number of halogens is 1. The monoisotopic (exact) mass is 332 g/mol. The van der Waals surface area contributed by atoms with Gasteiger partial charge in [0.15, 0.2) is 14.9 Å². The van der Waals surface area contributed by atoms with E-state index in [9.17, 15) is 13.2 Å². The molecule has 0 atom stereocenters. The number of hydrogen-bond acceptors (Lipinski definition) is 4. The molecule has 1 aromatic rings. The van der Waals surface area contributed by atoms with E-state index in [4.69, 9.17) is 23.8 Å². The second kappa shape index (κ2) is 5.67. The second-order valence-electron chi connectivity index (χ2n) is 4.63. The van der Waals surface area contributed by atoms with Gasteiger partial charge >= 0.3 is 0 Å². The van der Waals surface area contributed by atoms with Crippen molar-refractivity contribution in [1.82, 2.24) is 5.32 Å². The molecule has 0 aromatic heterocycles. The zero-order valence-corrected chi connectivity index (χ0v) is 13.0. The van der Waals surface area contributed by atoms with Gasteiger partial charge in [-0.15, -0.1) is 0 Å². The van der Waals surface area contributed by atoms with Crippen LogP contribution in [0.3, 0.4) is 0 Å². The molecule has 1 aliphatic rings. The summed E-state index contributed by atoms with van der Waals surface area (Å²) in [4.78, 5) is 11.7. The van der Waals surface area contributed by atoms with Crippen LogP contribution in [0, 0.1) is 5.92 Å². The molecule has 2 rings (SSSR count). The number of thiocarbonyl (C=S) groups is 1. The van der Waals surface area contributed by atoms with E-state index in [0.29, 0.717) is 10.7 Å². The SMILES string of the molecule is CS(=O)(=O)c1ccc(Cl)c(NC(=S)NC(=O)C2CC2)c1. The van der Waals surface area contributed by atoms with Gasteiger partial charge in [-0.05, 0) is 43.3 Å². The molecular formula is C12H13ClN2O3S2. The zero-order chi connectivity index (χ0) is 14.9. The van der Waals surface area contributed by atoms with Crippen molar-refractivity contribution in [2.24, 2.45) is 5.92 Å². The lowest BCUT2D eigenvalue weighted by Crippen LogP contribution is -2.35. The van der Waals surface area contributed by atoms with Gasteiger partial charge in [0.2, 0.25) is 5.91 Å². The Hall–Kier alpha value is -1.18. The van der Waals surface area contributed by atoms with Crippen molar-refractivity contribution in [2.45, 2.75) is 17.7 Å². The molecule has 0 saturated heterocycles. The fourth-order valence-electron chi connectivity index (χ4n) is 1.54. The molecule has 1 saturated carbocycles. The molecule has 0 radical (unpaired) electrons. The average Bonchev–Trinajstić information content (AvgIpc) is 3.14. The highest BCUT2D eigenvalue weighted by Gasteiger charge is 2.30. The van der Waals surface area contributed by atoms with Crippen LogP contribution in [-0.2, 0) is 14.6 Å². The predicted octanol–water partition coefficient (Wildman–Crippen LogP) is 1.97. The first-order valence-corrected chi connectivity index (χ1v) is 8.56. The molecule has 0 aliphatic heterocycles. The van der Waals surface area contributed by atoms with Crippen molar-refractivity contribution in [3.8, 4) is 0 Å². The maximum atomic E-state index is 11.5. The van der Waals surface area contributed by atoms with Crippen LogP contribution in [0.2, 0.25) is 5.02 Å². The highest BCUT2D eigenvalue weighted by atomic mass is 35.5. The van der Waals surface area contributed by atoms with Crippen molar-refractivity contribution >= 4 is 50.4 Å². The van der Waals surface area contributed by atoms with Gasteiger partial charge in [0.25, 0.3) is 0 Å². The molecule has 0 unspecified atom stereocenters. The Bertz CT molecular complexity index is 669. The molecule has 8 heteroatoms. The Kier molecular flexibility index (Phi) is 4.31. The summed E-state index contributed by atoms with van der Waals surface area (Å²) >= 11 is 11.0. The Balaban J connectivity index is 2.11. The summed E-state index contributed by atoms with van der Waals surface area (Å²) in [6.45, 7) is 0. The standard InChI is InChI=1S/C12H13ClN2O3S2/c1-20(17,18)8-4-5-9(13)10(6-8)14-12(19)15-11(16)7-2-3-7/h4-7H,2-3H2,1H3,(H2,14,15,16,19). The summed E-state index contributed by atoms with van der Waals surface area (Å²) in [5.74, 6) is -0.0922. The third-order valence-electron chi connectivity index (χ3n) is 2.80. The van der Waals surface area contributed by atoms with E-state index >= 15 is 0 Å². The number of amides is 1. The molecule has 1 fully saturated rings. The van der Waals surface area contributed by atoms with Crippen molar-refractivity contribution in [3.05, 3.63) is 23.2 Å². The highest BCUT2D eigenvalue weighted by molar-refractivity contribution is 7.90. The lowest BCUT2D eigenvalue weighted by Gasteiger charge is -2.11. The Morgan fingerprint density at radius 1 is 1.40 bits per heavy atom. The van der Waals surface area contributed by atoms with E-state index in [1.165, 1.54) is 18.2 Å². The second-order valence-corrected chi connectivity index (χ2v) is 7.46. The molecular weight excluding hydrogens is 320 g/mol. The number of carbonyl (C=O) groups is 1. The first kappa shape index (κ1) is 15.2. The van der Waals surface area contributed by atoms with E-state index in [2.05, 4.69) is 10.6 Å². The smallest absolute Gasteiger partial charge is 0.229 e. The molecule has 1 aromatic carbocycles. The van der Waals surface area contributed by atoms with E-state index in [1.54, 1.807) is 0 Å². The molecule has 108 valence electrons. The molecule has 20 heavy (non-hydrogen) atoms. The summed E-state index contributed by atoms with van der Waals surface area (Å²) < 4.78 is 23.0. The van der Waals surface area contributed by atoms with Crippen molar-refractivity contribution in [3.63, 3.8) is 0 Å². The maximum absolute atomic E-state index is 11.5. The van der Waals surface area contributed by atoms with Crippen molar-refractivity contribution in [2.75, 3.05) is 11.6 Å². The number of nitrogens with one attached hydrogen (secondary N) is 2. The van der Waals surface area contributed by atoms with Gasteiger partial charge in [-0.25, -0.2) is 8.42 Å². The average molecular weight is 333 g/mol.